The van der Waals surface area contributed by atoms with Crippen LogP contribution in [0.4, 0.5) is 0 Å². The molecule has 1 aromatic carbocycles. The molecule has 2 N–H and O–H groups in total. The summed E-state index contributed by atoms with van der Waals surface area (Å²) in [5.41, 5.74) is 1.22. The topological polar surface area (TPSA) is 40.7 Å². The molecule has 0 atom stereocenters. The van der Waals surface area contributed by atoms with Gasteiger partial charge in [-0.25, -0.2) is 4.98 Å². The van der Waals surface area contributed by atoms with Gasteiger partial charge in [0.25, 0.3) is 0 Å². The van der Waals surface area contributed by atoms with Crippen LogP contribution < -0.4 is 5.32 Å². The first-order valence-corrected chi connectivity index (χ1v) is 7.95. The van der Waals surface area contributed by atoms with Crippen LogP contribution in [0.1, 0.15) is 32.3 Å². The lowest BCUT2D eigenvalue weighted by molar-refractivity contribution is 0.421. The van der Waals surface area contributed by atoms with Gasteiger partial charge in [0.05, 0.1) is 5.75 Å². The minimum atomic E-state index is 0.112. The Bertz CT molecular complexity index is 560. The molecule has 0 saturated heterocycles. The first kappa shape index (κ1) is 15.4. The van der Waals surface area contributed by atoms with Crippen LogP contribution in [0, 0.1) is 0 Å². The van der Waals surface area contributed by atoms with Gasteiger partial charge in [-0.15, -0.1) is 11.8 Å². The van der Waals surface area contributed by atoms with E-state index >= 15 is 0 Å². The van der Waals surface area contributed by atoms with Crippen LogP contribution >= 0.6 is 23.4 Å². The fourth-order valence-electron chi connectivity index (χ4n) is 1.64. The van der Waals surface area contributed by atoms with E-state index in [1.807, 2.05) is 24.4 Å². The Labute approximate surface area is 129 Å². The van der Waals surface area contributed by atoms with Gasteiger partial charge < -0.3 is 10.3 Å². The van der Waals surface area contributed by atoms with Crippen molar-refractivity contribution in [1.29, 1.82) is 0 Å². The third-order valence-corrected chi connectivity index (χ3v) is 3.90. The zero-order chi connectivity index (χ0) is 14.6. The van der Waals surface area contributed by atoms with Crippen molar-refractivity contribution in [1.82, 2.24) is 15.3 Å². The van der Waals surface area contributed by atoms with E-state index in [0.29, 0.717) is 0 Å². The van der Waals surface area contributed by atoms with Gasteiger partial charge in [-0.3, -0.25) is 0 Å². The number of imidazole rings is 1. The van der Waals surface area contributed by atoms with Crippen LogP contribution in [-0.4, -0.2) is 15.5 Å². The van der Waals surface area contributed by atoms with E-state index in [1.165, 1.54) is 0 Å². The van der Waals surface area contributed by atoms with Gasteiger partial charge in [0.2, 0.25) is 0 Å². The van der Waals surface area contributed by atoms with Crippen molar-refractivity contribution in [3.8, 4) is 0 Å². The van der Waals surface area contributed by atoms with E-state index in [1.54, 1.807) is 11.8 Å². The largest absolute Gasteiger partial charge is 0.344 e. The summed E-state index contributed by atoms with van der Waals surface area (Å²) >= 11 is 7.70. The summed E-state index contributed by atoms with van der Waals surface area (Å²) in [4.78, 5) is 8.90. The monoisotopic (exact) mass is 309 g/mol. The summed E-state index contributed by atoms with van der Waals surface area (Å²) in [6, 6.07) is 7.87. The Morgan fingerprint density at radius 2 is 2.15 bits per heavy atom. The number of nitrogens with one attached hydrogen (secondary N) is 2. The molecule has 0 saturated carbocycles. The molecule has 0 aliphatic carbocycles. The van der Waals surface area contributed by atoms with Crippen molar-refractivity contribution in [2.24, 2.45) is 0 Å². The number of hydrogen-bond donors (Lipinski definition) is 2. The lowest BCUT2D eigenvalue weighted by Crippen LogP contribution is -2.35. The van der Waals surface area contributed by atoms with Gasteiger partial charge >= 0.3 is 0 Å². The third-order valence-electron chi connectivity index (χ3n) is 2.66. The number of thioether (sulfide) groups is 1. The Morgan fingerprint density at radius 3 is 2.85 bits per heavy atom. The van der Waals surface area contributed by atoms with Crippen molar-refractivity contribution >= 4 is 23.4 Å². The number of rotatable bonds is 5. The molecule has 0 unspecified atom stereocenters. The average Bonchev–Trinajstić information content (AvgIpc) is 2.81. The molecule has 2 rings (SSSR count). The standard InChI is InChI=1S/C15H20ClN3S/c1-15(2,3)18-9-12-8-17-14(19-12)10-20-13-6-4-5-11(16)7-13/h4-8,18H,9-10H2,1-3H3,(H,17,19). The minimum Gasteiger partial charge on any atom is -0.344 e. The van der Waals surface area contributed by atoms with Crippen LogP contribution in [-0.2, 0) is 12.3 Å². The number of halogens is 1. The van der Waals surface area contributed by atoms with Crippen LogP contribution in [0.2, 0.25) is 5.02 Å². The Balaban J connectivity index is 1.87. The Morgan fingerprint density at radius 1 is 1.35 bits per heavy atom. The first-order chi connectivity index (χ1) is 9.42. The van der Waals surface area contributed by atoms with Gasteiger partial charge in [0, 0.05) is 33.9 Å². The number of benzene rings is 1. The van der Waals surface area contributed by atoms with Crippen LogP contribution in [0.3, 0.4) is 0 Å². The molecule has 2 aromatic rings. The maximum absolute atomic E-state index is 5.97. The highest BCUT2D eigenvalue weighted by Gasteiger charge is 2.09. The van der Waals surface area contributed by atoms with Crippen LogP contribution in [0.25, 0.3) is 0 Å². The molecule has 0 radical (unpaired) electrons. The molecule has 0 aliphatic heterocycles. The second-order valence-corrected chi connectivity index (χ2v) is 7.19. The first-order valence-electron chi connectivity index (χ1n) is 6.58. The predicted octanol–water partition coefficient (Wildman–Crippen LogP) is 4.24. The number of aromatic amines is 1. The van der Waals surface area contributed by atoms with Gasteiger partial charge in [0.15, 0.2) is 0 Å². The molecule has 1 heterocycles. The SMILES string of the molecule is CC(C)(C)NCc1cnc(CSc2cccc(Cl)c2)[nH]1. The molecule has 0 spiro atoms. The molecule has 3 nitrogen and oxygen atoms in total. The van der Waals surface area contributed by atoms with Crippen LogP contribution in [0.15, 0.2) is 35.4 Å². The van der Waals surface area contributed by atoms with E-state index in [0.717, 1.165) is 33.7 Å². The van der Waals surface area contributed by atoms with E-state index in [4.69, 9.17) is 11.6 Å². The quantitative estimate of drug-likeness (QED) is 0.811. The maximum Gasteiger partial charge on any atom is 0.116 e. The Kier molecular flexibility index (Phi) is 5.13. The van der Waals surface area contributed by atoms with Crippen LogP contribution in [0.5, 0.6) is 0 Å². The molecule has 0 aliphatic rings. The second-order valence-electron chi connectivity index (χ2n) is 5.70. The zero-order valence-electron chi connectivity index (χ0n) is 12.0. The zero-order valence-corrected chi connectivity index (χ0v) is 13.6. The third kappa shape index (κ3) is 5.19. The molecule has 0 amide bonds. The summed E-state index contributed by atoms with van der Waals surface area (Å²) in [6.07, 6.45) is 1.90. The smallest absolute Gasteiger partial charge is 0.116 e. The molecule has 5 heteroatoms. The highest BCUT2D eigenvalue weighted by molar-refractivity contribution is 7.98. The summed E-state index contributed by atoms with van der Waals surface area (Å²) < 4.78 is 0. The van der Waals surface area contributed by atoms with Crippen molar-refractivity contribution in [2.75, 3.05) is 0 Å². The number of aromatic nitrogens is 2. The summed E-state index contributed by atoms with van der Waals surface area (Å²) in [5.74, 6) is 1.80. The molecule has 1 aromatic heterocycles. The van der Waals surface area contributed by atoms with Crippen molar-refractivity contribution in [3.05, 3.63) is 47.0 Å². The van der Waals surface area contributed by atoms with Crippen molar-refractivity contribution in [3.63, 3.8) is 0 Å². The molecule has 0 bridgehead atoms. The molecular weight excluding hydrogens is 290 g/mol. The lowest BCUT2D eigenvalue weighted by Gasteiger charge is -2.19. The average molecular weight is 310 g/mol. The number of nitrogens with zero attached hydrogens (tertiary/aromatic N) is 1. The van der Waals surface area contributed by atoms with E-state index in [9.17, 15) is 0 Å². The highest BCUT2D eigenvalue weighted by atomic mass is 35.5. The molecule has 0 fully saturated rings. The summed E-state index contributed by atoms with van der Waals surface area (Å²) in [7, 11) is 0. The highest BCUT2D eigenvalue weighted by Crippen LogP contribution is 2.24. The van der Waals surface area contributed by atoms with Gasteiger partial charge in [-0.2, -0.15) is 0 Å². The molecule has 108 valence electrons. The fraction of sp³-hybridized carbons (Fsp3) is 0.400. The van der Waals surface area contributed by atoms with Gasteiger partial charge in [-0.1, -0.05) is 17.7 Å². The van der Waals surface area contributed by atoms with Crippen molar-refractivity contribution < 1.29 is 0 Å². The normalized spacial score (nSPS) is 11.8. The van der Waals surface area contributed by atoms with Gasteiger partial charge in [0.1, 0.15) is 5.82 Å². The van der Waals surface area contributed by atoms with E-state index < -0.39 is 0 Å². The van der Waals surface area contributed by atoms with E-state index in [2.05, 4.69) is 42.1 Å². The molecular formula is C15H20ClN3S. The maximum atomic E-state index is 5.97. The summed E-state index contributed by atoms with van der Waals surface area (Å²) in [6.45, 7) is 7.26. The lowest BCUT2D eigenvalue weighted by atomic mass is 10.1. The summed E-state index contributed by atoms with van der Waals surface area (Å²) in [5, 5.41) is 4.21. The Hall–Kier alpha value is -0.970. The number of H-pyrrole nitrogens is 1. The van der Waals surface area contributed by atoms with Crippen molar-refractivity contribution in [2.45, 2.75) is 43.5 Å². The van der Waals surface area contributed by atoms with Gasteiger partial charge in [-0.05, 0) is 39.0 Å². The second kappa shape index (κ2) is 6.66. The fourth-order valence-corrected chi connectivity index (χ4v) is 2.73. The van der Waals surface area contributed by atoms with E-state index in [-0.39, 0.29) is 5.54 Å². The predicted molar refractivity (Wildman–Crippen MR) is 86.2 cm³/mol. The molecule has 20 heavy (non-hydrogen) atoms. The minimum absolute atomic E-state index is 0.112. The number of hydrogen-bond acceptors (Lipinski definition) is 3.